The van der Waals surface area contributed by atoms with E-state index in [2.05, 4.69) is 9.97 Å². The topological polar surface area (TPSA) is 81.0 Å². The van der Waals surface area contributed by atoms with E-state index >= 15 is 0 Å². The molecule has 1 aromatic carbocycles. The van der Waals surface area contributed by atoms with Gasteiger partial charge in [-0.15, -0.1) is 0 Å². The second-order valence-corrected chi connectivity index (χ2v) is 3.30. The lowest BCUT2D eigenvalue weighted by atomic mass is 10.2. The Morgan fingerprint density at radius 2 is 2.25 bits per heavy atom. The van der Waals surface area contributed by atoms with Crippen molar-refractivity contribution in [1.82, 2.24) is 9.97 Å². The van der Waals surface area contributed by atoms with E-state index in [-0.39, 0.29) is 11.4 Å². The normalized spacial score (nSPS) is 10.1. The van der Waals surface area contributed by atoms with Gasteiger partial charge in [0.15, 0.2) is 0 Å². The van der Waals surface area contributed by atoms with Crippen molar-refractivity contribution in [2.45, 2.75) is 6.92 Å². The van der Waals surface area contributed by atoms with Crippen molar-refractivity contribution in [2.24, 2.45) is 0 Å². The molecule has 0 radical (unpaired) electrons. The summed E-state index contributed by atoms with van der Waals surface area (Å²) in [6.07, 6.45) is 2.90. The smallest absolute Gasteiger partial charge is 0.311 e. The van der Waals surface area contributed by atoms with Crippen LogP contribution in [0.2, 0.25) is 0 Å². The number of benzene rings is 1. The van der Waals surface area contributed by atoms with Crippen LogP contribution in [0.25, 0.3) is 0 Å². The van der Waals surface area contributed by atoms with E-state index in [9.17, 15) is 4.79 Å². The zero-order valence-electron chi connectivity index (χ0n) is 8.73. The SMILES string of the molecule is Cc1c(N)cccc1Oc1ncc[nH]c1=O. The number of nitrogens with one attached hydrogen (secondary N) is 1. The summed E-state index contributed by atoms with van der Waals surface area (Å²) in [5, 5.41) is 0. The van der Waals surface area contributed by atoms with Gasteiger partial charge in [0.1, 0.15) is 5.75 Å². The molecule has 0 atom stereocenters. The predicted octanol–water partition coefficient (Wildman–Crippen LogP) is 1.45. The fraction of sp³-hybridized carbons (Fsp3) is 0.0909. The highest BCUT2D eigenvalue weighted by Gasteiger charge is 2.07. The summed E-state index contributed by atoms with van der Waals surface area (Å²) < 4.78 is 5.39. The van der Waals surface area contributed by atoms with Crippen LogP contribution in [0.5, 0.6) is 11.6 Å². The minimum atomic E-state index is -0.371. The number of rotatable bonds is 2. The summed E-state index contributed by atoms with van der Waals surface area (Å²) in [4.78, 5) is 17.7. The quantitative estimate of drug-likeness (QED) is 0.746. The maximum atomic E-state index is 11.3. The van der Waals surface area contributed by atoms with Crippen LogP contribution in [-0.4, -0.2) is 9.97 Å². The van der Waals surface area contributed by atoms with Crippen molar-refractivity contribution in [3.63, 3.8) is 0 Å². The van der Waals surface area contributed by atoms with Crippen molar-refractivity contribution >= 4 is 5.69 Å². The van der Waals surface area contributed by atoms with Crippen molar-refractivity contribution in [1.29, 1.82) is 0 Å². The maximum absolute atomic E-state index is 11.3. The molecule has 16 heavy (non-hydrogen) atoms. The number of anilines is 1. The molecule has 1 heterocycles. The molecule has 5 heteroatoms. The Hall–Kier alpha value is -2.30. The molecule has 0 bridgehead atoms. The monoisotopic (exact) mass is 217 g/mol. The Morgan fingerprint density at radius 1 is 1.44 bits per heavy atom. The van der Waals surface area contributed by atoms with Crippen LogP contribution < -0.4 is 16.0 Å². The minimum absolute atomic E-state index is 0.0104. The van der Waals surface area contributed by atoms with Gasteiger partial charge in [0.25, 0.3) is 5.88 Å². The molecule has 0 aliphatic carbocycles. The van der Waals surface area contributed by atoms with Crippen LogP contribution in [0.1, 0.15) is 5.56 Å². The van der Waals surface area contributed by atoms with Crippen molar-refractivity contribution < 1.29 is 4.74 Å². The number of hydrogen-bond acceptors (Lipinski definition) is 4. The zero-order chi connectivity index (χ0) is 11.5. The lowest BCUT2D eigenvalue weighted by Gasteiger charge is -2.08. The highest BCUT2D eigenvalue weighted by atomic mass is 16.5. The molecule has 0 saturated heterocycles. The molecule has 3 N–H and O–H groups in total. The van der Waals surface area contributed by atoms with E-state index in [1.807, 2.05) is 6.92 Å². The standard InChI is InChI=1S/C11H11N3O2/c1-7-8(12)3-2-4-9(7)16-11-10(15)13-5-6-14-11/h2-6H,12H2,1H3,(H,13,15). The van der Waals surface area contributed by atoms with Crippen molar-refractivity contribution in [2.75, 3.05) is 5.73 Å². The summed E-state index contributed by atoms with van der Waals surface area (Å²) in [6.45, 7) is 1.82. The number of hydrogen-bond donors (Lipinski definition) is 2. The fourth-order valence-corrected chi connectivity index (χ4v) is 1.26. The van der Waals surface area contributed by atoms with Crippen LogP contribution in [0.3, 0.4) is 0 Å². The van der Waals surface area contributed by atoms with Gasteiger partial charge in [-0.1, -0.05) is 6.07 Å². The molecule has 1 aromatic heterocycles. The highest BCUT2D eigenvalue weighted by molar-refractivity contribution is 5.53. The van der Waals surface area contributed by atoms with E-state index < -0.39 is 0 Å². The first kappa shape index (κ1) is 10.2. The summed E-state index contributed by atoms with van der Waals surface area (Å²) in [6, 6.07) is 5.26. The number of H-pyrrole nitrogens is 1. The van der Waals surface area contributed by atoms with Crippen molar-refractivity contribution in [3.8, 4) is 11.6 Å². The van der Waals surface area contributed by atoms with Gasteiger partial charge in [0.05, 0.1) is 0 Å². The van der Waals surface area contributed by atoms with Crippen LogP contribution in [-0.2, 0) is 0 Å². The highest BCUT2D eigenvalue weighted by Crippen LogP contribution is 2.25. The number of aromatic nitrogens is 2. The molecule has 0 spiro atoms. The minimum Gasteiger partial charge on any atom is -0.434 e. The van der Waals surface area contributed by atoms with Gasteiger partial charge in [0, 0.05) is 23.6 Å². The van der Waals surface area contributed by atoms with Gasteiger partial charge in [0.2, 0.25) is 0 Å². The Balaban J connectivity index is 2.38. The van der Waals surface area contributed by atoms with Gasteiger partial charge < -0.3 is 15.5 Å². The fourth-order valence-electron chi connectivity index (χ4n) is 1.26. The van der Waals surface area contributed by atoms with Gasteiger partial charge in [-0.05, 0) is 19.1 Å². The second kappa shape index (κ2) is 4.06. The Kier molecular flexibility index (Phi) is 2.59. The van der Waals surface area contributed by atoms with Crippen LogP contribution in [0, 0.1) is 6.92 Å². The first-order chi connectivity index (χ1) is 7.68. The molecule has 0 aliphatic rings. The third-order valence-corrected chi connectivity index (χ3v) is 2.21. The summed E-state index contributed by atoms with van der Waals surface area (Å²) in [5.41, 5.74) is 6.76. The maximum Gasteiger partial charge on any atom is 0.311 e. The average Bonchev–Trinajstić information content (AvgIpc) is 2.28. The van der Waals surface area contributed by atoms with Crippen LogP contribution in [0.4, 0.5) is 5.69 Å². The van der Waals surface area contributed by atoms with E-state index in [1.165, 1.54) is 12.4 Å². The summed E-state index contributed by atoms with van der Waals surface area (Å²) >= 11 is 0. The lowest BCUT2D eigenvalue weighted by Crippen LogP contribution is -2.09. The molecule has 2 aromatic rings. The predicted molar refractivity (Wildman–Crippen MR) is 60.5 cm³/mol. The number of nitrogens with zero attached hydrogens (tertiary/aromatic N) is 1. The van der Waals surface area contributed by atoms with Crippen LogP contribution in [0.15, 0.2) is 35.4 Å². The zero-order valence-corrected chi connectivity index (χ0v) is 8.73. The van der Waals surface area contributed by atoms with Gasteiger partial charge in [-0.3, -0.25) is 4.79 Å². The second-order valence-electron chi connectivity index (χ2n) is 3.30. The van der Waals surface area contributed by atoms with Crippen molar-refractivity contribution in [3.05, 3.63) is 46.5 Å². The molecular formula is C11H11N3O2. The third kappa shape index (κ3) is 1.88. The molecule has 82 valence electrons. The van der Waals surface area contributed by atoms with Crippen LogP contribution >= 0.6 is 0 Å². The first-order valence-electron chi connectivity index (χ1n) is 4.75. The molecule has 0 amide bonds. The van der Waals surface area contributed by atoms with E-state index in [0.717, 1.165) is 5.56 Å². The number of nitrogen functional groups attached to an aromatic ring is 1. The molecular weight excluding hydrogens is 206 g/mol. The van der Waals surface area contributed by atoms with E-state index in [1.54, 1.807) is 18.2 Å². The molecule has 0 fully saturated rings. The van der Waals surface area contributed by atoms with Gasteiger partial charge in [-0.2, -0.15) is 0 Å². The number of aromatic amines is 1. The summed E-state index contributed by atoms with van der Waals surface area (Å²) in [7, 11) is 0. The summed E-state index contributed by atoms with van der Waals surface area (Å²) in [5.74, 6) is 0.542. The molecule has 0 saturated carbocycles. The van der Waals surface area contributed by atoms with Gasteiger partial charge in [-0.25, -0.2) is 4.98 Å². The number of nitrogens with two attached hydrogens (primary N) is 1. The van der Waals surface area contributed by atoms with E-state index in [0.29, 0.717) is 11.4 Å². The van der Waals surface area contributed by atoms with E-state index in [4.69, 9.17) is 10.5 Å². The number of ether oxygens (including phenoxy) is 1. The third-order valence-electron chi connectivity index (χ3n) is 2.21. The lowest BCUT2D eigenvalue weighted by molar-refractivity contribution is 0.451. The Labute approximate surface area is 91.9 Å². The molecule has 0 unspecified atom stereocenters. The Bertz CT molecular complexity index is 563. The molecule has 2 rings (SSSR count). The Morgan fingerprint density at radius 3 is 3.00 bits per heavy atom. The molecule has 0 aliphatic heterocycles. The first-order valence-corrected chi connectivity index (χ1v) is 4.75. The largest absolute Gasteiger partial charge is 0.434 e. The molecule has 5 nitrogen and oxygen atoms in total. The average molecular weight is 217 g/mol. The van der Waals surface area contributed by atoms with Gasteiger partial charge >= 0.3 is 5.56 Å².